The van der Waals surface area contributed by atoms with E-state index in [9.17, 15) is 19.5 Å². The van der Waals surface area contributed by atoms with E-state index in [-0.39, 0.29) is 11.1 Å². The van der Waals surface area contributed by atoms with E-state index < -0.39 is 35.4 Å². The molecule has 2 aliphatic rings. The van der Waals surface area contributed by atoms with Gasteiger partial charge in [-0.1, -0.05) is 6.08 Å². The molecule has 0 aromatic heterocycles. The molecule has 146 valence electrons. The number of rotatable bonds is 3. The first-order valence-corrected chi connectivity index (χ1v) is 8.21. The summed E-state index contributed by atoms with van der Waals surface area (Å²) < 4.78 is 20.2. The van der Waals surface area contributed by atoms with Gasteiger partial charge in [0.15, 0.2) is 0 Å². The second kappa shape index (κ2) is 6.94. The number of hydrogen-bond acceptors (Lipinski definition) is 8. The summed E-state index contributed by atoms with van der Waals surface area (Å²) in [6.45, 7) is 9.28. The average Bonchev–Trinajstić information content (AvgIpc) is 2.47. The predicted octanol–water partition coefficient (Wildman–Crippen LogP) is 2.72. The van der Waals surface area contributed by atoms with Crippen LogP contribution in [0.1, 0.15) is 41.5 Å². The molecule has 1 fully saturated rings. The first kappa shape index (κ1) is 20.3. The highest BCUT2D eigenvalue weighted by Gasteiger charge is 2.38. The summed E-state index contributed by atoms with van der Waals surface area (Å²) in [5.74, 6) is -5.39. The Balaban J connectivity index is 2.25. The quantitative estimate of drug-likeness (QED) is 0.346. The molecule has 0 aromatic rings. The molecule has 27 heavy (non-hydrogen) atoms. The van der Waals surface area contributed by atoms with Gasteiger partial charge in [-0.05, 0) is 37.1 Å². The van der Waals surface area contributed by atoms with Crippen molar-refractivity contribution in [2.24, 2.45) is 0 Å². The number of ether oxygens (including phenoxy) is 4. The van der Waals surface area contributed by atoms with E-state index in [1.807, 2.05) is 0 Å². The molecule has 1 N–H and O–H groups in total. The lowest BCUT2D eigenvalue weighted by atomic mass is 10.0. The van der Waals surface area contributed by atoms with Crippen LogP contribution in [0.2, 0.25) is 0 Å². The van der Waals surface area contributed by atoms with E-state index in [0.717, 1.165) is 0 Å². The van der Waals surface area contributed by atoms with Crippen LogP contribution in [-0.2, 0) is 33.3 Å². The molecule has 8 heteroatoms. The lowest BCUT2D eigenvalue weighted by molar-refractivity contribution is -0.223. The number of esters is 3. The Kier molecular flexibility index (Phi) is 5.21. The van der Waals surface area contributed by atoms with Gasteiger partial charge in [0, 0.05) is 27.7 Å². The Morgan fingerprint density at radius 3 is 1.81 bits per heavy atom. The monoisotopic (exact) mass is 378 g/mol. The van der Waals surface area contributed by atoms with Gasteiger partial charge in [-0.3, -0.25) is 0 Å². The van der Waals surface area contributed by atoms with Crippen molar-refractivity contribution in [2.45, 2.75) is 53.1 Å². The van der Waals surface area contributed by atoms with Crippen molar-refractivity contribution in [2.75, 3.05) is 0 Å². The van der Waals surface area contributed by atoms with E-state index in [4.69, 9.17) is 18.9 Å². The first-order chi connectivity index (χ1) is 12.3. The summed E-state index contributed by atoms with van der Waals surface area (Å²) in [6.07, 6.45) is 4.16. The summed E-state index contributed by atoms with van der Waals surface area (Å²) >= 11 is 0. The van der Waals surface area contributed by atoms with Gasteiger partial charge in [0.2, 0.25) is 0 Å². The molecule has 0 atom stereocenters. The zero-order valence-corrected chi connectivity index (χ0v) is 16.0. The van der Waals surface area contributed by atoms with Crippen molar-refractivity contribution in [1.29, 1.82) is 0 Å². The van der Waals surface area contributed by atoms with Gasteiger partial charge < -0.3 is 24.1 Å². The molecule has 0 unspecified atom stereocenters. The molecule has 8 nitrogen and oxygen atoms in total. The van der Waals surface area contributed by atoms with Gasteiger partial charge in [-0.15, -0.1) is 0 Å². The molecule has 0 aliphatic carbocycles. The van der Waals surface area contributed by atoms with Crippen LogP contribution < -0.4 is 0 Å². The summed E-state index contributed by atoms with van der Waals surface area (Å²) in [4.78, 5) is 35.8. The molecule has 2 heterocycles. The maximum absolute atomic E-state index is 12.0. The van der Waals surface area contributed by atoms with Gasteiger partial charge in [-0.2, -0.15) is 0 Å². The normalized spacial score (nSPS) is 22.6. The molecule has 1 saturated heterocycles. The maximum Gasteiger partial charge on any atom is 0.348 e. The molecule has 0 aromatic carbocycles. The van der Waals surface area contributed by atoms with Crippen LogP contribution in [0.3, 0.4) is 0 Å². The minimum absolute atomic E-state index is 0.134. The van der Waals surface area contributed by atoms with Gasteiger partial charge in [-0.25, -0.2) is 14.4 Å². The Morgan fingerprint density at radius 1 is 0.815 bits per heavy atom. The number of cyclic esters (lactones) is 3. The third-order valence-electron chi connectivity index (χ3n) is 3.73. The van der Waals surface area contributed by atoms with Crippen LogP contribution in [0.15, 0.2) is 46.5 Å². The molecule has 0 saturated carbocycles. The fourth-order valence-electron chi connectivity index (χ4n) is 2.26. The zero-order chi connectivity index (χ0) is 20.6. The maximum atomic E-state index is 12.0. The van der Waals surface area contributed by atoms with E-state index in [2.05, 4.69) is 0 Å². The number of carbonyl (C=O) groups is 3. The molecule has 0 bridgehead atoms. The highest BCUT2D eigenvalue weighted by Crippen LogP contribution is 2.27. The largest absolute Gasteiger partial charge is 0.480 e. The van der Waals surface area contributed by atoms with Crippen LogP contribution >= 0.6 is 0 Å². The predicted molar refractivity (Wildman–Crippen MR) is 92.8 cm³/mol. The van der Waals surface area contributed by atoms with E-state index in [1.54, 1.807) is 13.8 Å². The van der Waals surface area contributed by atoms with Gasteiger partial charge in [0.25, 0.3) is 17.5 Å². The lowest BCUT2D eigenvalue weighted by Gasteiger charge is -2.30. The number of hydrogen-bond donors (Lipinski definition) is 1. The minimum Gasteiger partial charge on any atom is -0.480 e. The number of allylic oxidation sites excluding steroid dienone is 4. The van der Waals surface area contributed by atoms with Crippen LogP contribution in [0.4, 0.5) is 0 Å². The standard InChI is InChI=1S/C19H22O8/c1-10(7-8-12-14(20)24-18(3,4)25-15(12)21)11(2)9-13-16(22)26-19(5,6)27-17(13)23/h7-9,22H,1-6H3. The molecule has 0 spiro atoms. The first-order valence-electron chi connectivity index (χ1n) is 8.21. The molecular weight excluding hydrogens is 356 g/mol. The van der Waals surface area contributed by atoms with Crippen LogP contribution in [0.25, 0.3) is 0 Å². The highest BCUT2D eigenvalue weighted by atomic mass is 16.8. The molecule has 0 amide bonds. The Bertz CT molecular complexity index is 799. The Labute approximate surface area is 156 Å². The second-order valence-corrected chi connectivity index (χ2v) is 7.05. The van der Waals surface area contributed by atoms with Crippen molar-refractivity contribution in [3.63, 3.8) is 0 Å². The number of carbonyl (C=O) groups excluding carboxylic acids is 3. The Morgan fingerprint density at radius 2 is 1.30 bits per heavy atom. The molecule has 2 aliphatic heterocycles. The van der Waals surface area contributed by atoms with Gasteiger partial charge in [0.1, 0.15) is 11.1 Å². The summed E-state index contributed by atoms with van der Waals surface area (Å²) in [6, 6.07) is 0. The zero-order valence-electron chi connectivity index (χ0n) is 16.0. The van der Waals surface area contributed by atoms with Crippen molar-refractivity contribution in [3.05, 3.63) is 46.5 Å². The summed E-state index contributed by atoms with van der Waals surface area (Å²) in [5.41, 5.74) is 0.813. The molecule has 2 rings (SSSR count). The minimum atomic E-state index is -1.31. The van der Waals surface area contributed by atoms with Crippen molar-refractivity contribution < 1.29 is 38.4 Å². The fourth-order valence-corrected chi connectivity index (χ4v) is 2.26. The topological polar surface area (TPSA) is 108 Å². The van der Waals surface area contributed by atoms with Crippen molar-refractivity contribution >= 4 is 17.9 Å². The van der Waals surface area contributed by atoms with Crippen molar-refractivity contribution in [1.82, 2.24) is 0 Å². The SMILES string of the molecule is CC(=CC=C1C(=O)OC(C)(C)OC1=O)C(C)=CC1=C(O)OC(C)(C)OC1=O. The average molecular weight is 378 g/mol. The number of aliphatic hydroxyl groups excluding tert-OH is 1. The van der Waals surface area contributed by atoms with Crippen LogP contribution in [-0.4, -0.2) is 34.6 Å². The second-order valence-electron chi connectivity index (χ2n) is 7.05. The highest BCUT2D eigenvalue weighted by molar-refractivity contribution is 6.15. The van der Waals surface area contributed by atoms with Gasteiger partial charge in [0.05, 0.1) is 0 Å². The van der Waals surface area contributed by atoms with E-state index in [0.29, 0.717) is 11.1 Å². The Hall–Kier alpha value is -3.03. The number of aliphatic hydroxyl groups is 1. The smallest absolute Gasteiger partial charge is 0.348 e. The van der Waals surface area contributed by atoms with Crippen LogP contribution in [0, 0.1) is 0 Å². The molecular formula is C19H22O8. The summed E-state index contributed by atoms with van der Waals surface area (Å²) in [5, 5.41) is 9.92. The third kappa shape index (κ3) is 4.78. The fraction of sp³-hybridized carbons (Fsp3) is 0.421. The van der Waals surface area contributed by atoms with Crippen LogP contribution in [0.5, 0.6) is 0 Å². The third-order valence-corrected chi connectivity index (χ3v) is 3.73. The van der Waals surface area contributed by atoms with Crippen molar-refractivity contribution in [3.8, 4) is 0 Å². The lowest BCUT2D eigenvalue weighted by Crippen LogP contribution is -2.41. The summed E-state index contributed by atoms with van der Waals surface area (Å²) in [7, 11) is 0. The van der Waals surface area contributed by atoms with Gasteiger partial charge >= 0.3 is 17.9 Å². The van der Waals surface area contributed by atoms with E-state index >= 15 is 0 Å². The molecule has 0 radical (unpaired) electrons. The van der Waals surface area contributed by atoms with E-state index in [1.165, 1.54) is 45.9 Å².